The van der Waals surface area contributed by atoms with Crippen LogP contribution in [0.25, 0.3) is 0 Å². The summed E-state index contributed by atoms with van der Waals surface area (Å²) >= 11 is 1.44. The van der Waals surface area contributed by atoms with Crippen molar-refractivity contribution >= 4 is 22.4 Å². The average molecular weight is 269 g/mol. The van der Waals surface area contributed by atoms with Gasteiger partial charge < -0.3 is 10.4 Å². The van der Waals surface area contributed by atoms with Crippen molar-refractivity contribution in [3.05, 3.63) is 11.1 Å². The Kier molecular flexibility index (Phi) is 4.68. The predicted molar refractivity (Wildman–Crippen MR) is 71.8 cm³/mol. The number of aromatic nitrogens is 1. The van der Waals surface area contributed by atoms with Crippen LogP contribution in [0.2, 0.25) is 0 Å². The van der Waals surface area contributed by atoms with E-state index >= 15 is 0 Å². The lowest BCUT2D eigenvalue weighted by atomic mass is 9.91. The van der Waals surface area contributed by atoms with E-state index in [9.17, 15) is 4.79 Å². The smallest absolute Gasteiger partial charge is 0.240 e. The molecule has 6 heteroatoms. The molecule has 0 saturated heterocycles. The molecule has 0 radical (unpaired) electrons. The van der Waals surface area contributed by atoms with Gasteiger partial charge in [0.15, 0.2) is 5.13 Å². The molecule has 0 bridgehead atoms. The number of nitrogens with zero attached hydrogens (tertiary/aromatic N) is 2. The van der Waals surface area contributed by atoms with E-state index in [4.69, 9.17) is 5.11 Å². The van der Waals surface area contributed by atoms with Crippen LogP contribution in [0.15, 0.2) is 5.38 Å². The Hall–Kier alpha value is -0.980. The lowest BCUT2D eigenvalue weighted by Gasteiger charge is -2.36. The van der Waals surface area contributed by atoms with Crippen molar-refractivity contribution in [1.29, 1.82) is 0 Å². The first kappa shape index (κ1) is 13.5. The molecule has 1 aromatic rings. The second kappa shape index (κ2) is 6.26. The second-order valence-corrected chi connectivity index (χ2v) is 5.48. The zero-order chi connectivity index (χ0) is 13.0. The maximum atomic E-state index is 11.9. The molecule has 5 nitrogen and oxygen atoms in total. The second-order valence-electron chi connectivity index (χ2n) is 4.62. The number of aliphatic hydroxyl groups excluding tert-OH is 1. The highest BCUT2D eigenvalue weighted by molar-refractivity contribution is 7.13. The standard InChI is InChI=1S/C12H19N3O2S/c1-9-8-18-12(13-9)14-11(17)7-15(5-6-16)10-3-2-4-10/h8,10,16H,2-7H2,1H3,(H,13,14,17). The molecule has 1 aromatic heterocycles. The molecule has 0 atom stereocenters. The van der Waals surface area contributed by atoms with Crippen LogP contribution in [0, 0.1) is 6.92 Å². The van der Waals surface area contributed by atoms with Crippen LogP contribution in [-0.4, -0.2) is 46.6 Å². The molecule has 1 aliphatic rings. The quantitative estimate of drug-likeness (QED) is 0.815. The van der Waals surface area contributed by atoms with E-state index in [1.165, 1.54) is 17.8 Å². The van der Waals surface area contributed by atoms with E-state index in [0.717, 1.165) is 18.5 Å². The van der Waals surface area contributed by atoms with Gasteiger partial charge in [0.05, 0.1) is 18.8 Å². The summed E-state index contributed by atoms with van der Waals surface area (Å²) in [5.41, 5.74) is 0.918. The highest BCUT2D eigenvalue weighted by Gasteiger charge is 2.26. The third kappa shape index (κ3) is 3.51. The topological polar surface area (TPSA) is 65.5 Å². The third-order valence-electron chi connectivity index (χ3n) is 3.19. The van der Waals surface area contributed by atoms with Gasteiger partial charge in [-0.05, 0) is 19.8 Å². The first-order chi connectivity index (χ1) is 8.69. The van der Waals surface area contributed by atoms with Crippen LogP contribution in [0.5, 0.6) is 0 Å². The molecule has 1 amide bonds. The number of carbonyl (C=O) groups is 1. The Morgan fingerprint density at radius 1 is 1.67 bits per heavy atom. The summed E-state index contributed by atoms with van der Waals surface area (Å²) in [5, 5.41) is 14.4. The fourth-order valence-corrected chi connectivity index (χ4v) is 2.73. The number of carbonyl (C=O) groups excluding carboxylic acids is 1. The molecular weight excluding hydrogens is 250 g/mol. The van der Waals surface area contributed by atoms with Crippen LogP contribution >= 0.6 is 11.3 Å². The van der Waals surface area contributed by atoms with Gasteiger partial charge in [-0.15, -0.1) is 11.3 Å². The SMILES string of the molecule is Cc1csc(NC(=O)CN(CCO)C2CCC2)n1. The monoisotopic (exact) mass is 269 g/mol. The highest BCUT2D eigenvalue weighted by atomic mass is 32.1. The Balaban J connectivity index is 1.84. The van der Waals surface area contributed by atoms with Crippen molar-refractivity contribution in [2.75, 3.05) is 25.0 Å². The van der Waals surface area contributed by atoms with Crippen molar-refractivity contribution in [3.8, 4) is 0 Å². The van der Waals surface area contributed by atoms with Crippen molar-refractivity contribution < 1.29 is 9.90 Å². The summed E-state index contributed by atoms with van der Waals surface area (Å²) in [5.74, 6) is -0.0512. The Morgan fingerprint density at radius 2 is 2.44 bits per heavy atom. The molecule has 0 unspecified atom stereocenters. The number of rotatable bonds is 6. The number of thiazole rings is 1. The number of amides is 1. The molecule has 2 rings (SSSR count). The summed E-state index contributed by atoms with van der Waals surface area (Å²) < 4.78 is 0. The zero-order valence-electron chi connectivity index (χ0n) is 10.6. The molecule has 1 aliphatic carbocycles. The van der Waals surface area contributed by atoms with Crippen LogP contribution < -0.4 is 5.32 Å². The molecule has 2 N–H and O–H groups in total. The Bertz CT molecular complexity index is 404. The number of hydrogen-bond donors (Lipinski definition) is 2. The van der Waals surface area contributed by atoms with Gasteiger partial charge in [0.1, 0.15) is 0 Å². The van der Waals surface area contributed by atoms with Crippen LogP contribution in [0.3, 0.4) is 0 Å². The van der Waals surface area contributed by atoms with E-state index in [-0.39, 0.29) is 12.5 Å². The Morgan fingerprint density at radius 3 is 2.94 bits per heavy atom. The minimum absolute atomic E-state index is 0.0512. The van der Waals surface area contributed by atoms with Crippen molar-refractivity contribution in [3.63, 3.8) is 0 Å². The fraction of sp³-hybridized carbons (Fsp3) is 0.667. The molecule has 0 spiro atoms. The minimum atomic E-state index is -0.0512. The molecule has 18 heavy (non-hydrogen) atoms. The zero-order valence-corrected chi connectivity index (χ0v) is 11.4. The first-order valence-corrected chi connectivity index (χ1v) is 7.14. The summed E-state index contributed by atoms with van der Waals surface area (Å²) in [6, 6.07) is 0.459. The maximum Gasteiger partial charge on any atom is 0.240 e. The molecule has 1 heterocycles. The molecular formula is C12H19N3O2S. The van der Waals surface area contributed by atoms with Crippen LogP contribution in [0.4, 0.5) is 5.13 Å². The minimum Gasteiger partial charge on any atom is -0.395 e. The van der Waals surface area contributed by atoms with E-state index in [0.29, 0.717) is 24.3 Å². The van der Waals surface area contributed by atoms with Crippen molar-refractivity contribution in [2.45, 2.75) is 32.2 Å². The van der Waals surface area contributed by atoms with E-state index < -0.39 is 0 Å². The molecule has 100 valence electrons. The van der Waals surface area contributed by atoms with Gasteiger partial charge >= 0.3 is 0 Å². The van der Waals surface area contributed by atoms with E-state index in [2.05, 4.69) is 15.2 Å². The van der Waals surface area contributed by atoms with Crippen molar-refractivity contribution in [1.82, 2.24) is 9.88 Å². The molecule has 0 aromatic carbocycles. The predicted octanol–water partition coefficient (Wildman–Crippen LogP) is 1.24. The summed E-state index contributed by atoms with van der Waals surface area (Å²) in [6.45, 7) is 2.90. The summed E-state index contributed by atoms with van der Waals surface area (Å²) in [6.07, 6.45) is 3.48. The average Bonchev–Trinajstić information content (AvgIpc) is 2.61. The normalized spacial score (nSPS) is 15.7. The van der Waals surface area contributed by atoms with Gasteiger partial charge in [-0.2, -0.15) is 0 Å². The third-order valence-corrected chi connectivity index (χ3v) is 4.07. The lowest BCUT2D eigenvalue weighted by molar-refractivity contribution is -0.118. The maximum absolute atomic E-state index is 11.9. The number of aliphatic hydroxyl groups is 1. The van der Waals surface area contributed by atoms with E-state index in [1.807, 2.05) is 12.3 Å². The van der Waals surface area contributed by atoms with Gasteiger partial charge in [-0.1, -0.05) is 6.42 Å². The lowest BCUT2D eigenvalue weighted by Crippen LogP contribution is -2.45. The summed E-state index contributed by atoms with van der Waals surface area (Å²) in [4.78, 5) is 18.1. The first-order valence-electron chi connectivity index (χ1n) is 6.26. The number of aryl methyl sites for hydroxylation is 1. The van der Waals surface area contributed by atoms with Crippen LogP contribution in [-0.2, 0) is 4.79 Å². The largest absolute Gasteiger partial charge is 0.395 e. The van der Waals surface area contributed by atoms with Gasteiger partial charge in [0.2, 0.25) is 5.91 Å². The molecule has 1 fully saturated rings. The number of hydrogen-bond acceptors (Lipinski definition) is 5. The summed E-state index contributed by atoms with van der Waals surface area (Å²) in [7, 11) is 0. The van der Waals surface area contributed by atoms with Gasteiger partial charge in [0, 0.05) is 18.0 Å². The number of anilines is 1. The fourth-order valence-electron chi connectivity index (χ4n) is 2.03. The van der Waals surface area contributed by atoms with Gasteiger partial charge in [0.25, 0.3) is 0 Å². The van der Waals surface area contributed by atoms with Crippen LogP contribution in [0.1, 0.15) is 25.0 Å². The van der Waals surface area contributed by atoms with E-state index in [1.54, 1.807) is 0 Å². The van der Waals surface area contributed by atoms with Crippen molar-refractivity contribution in [2.24, 2.45) is 0 Å². The van der Waals surface area contributed by atoms with Gasteiger partial charge in [-0.25, -0.2) is 4.98 Å². The van der Waals surface area contributed by atoms with Gasteiger partial charge in [-0.3, -0.25) is 9.69 Å². The highest BCUT2D eigenvalue weighted by Crippen LogP contribution is 2.24. The number of nitrogens with one attached hydrogen (secondary N) is 1. The Labute approximate surface area is 111 Å². The molecule has 1 saturated carbocycles. The molecule has 0 aliphatic heterocycles.